The smallest absolute Gasteiger partial charge is 0.107 e. The summed E-state index contributed by atoms with van der Waals surface area (Å²) in [6, 6.07) is 5.56. The van der Waals surface area contributed by atoms with Gasteiger partial charge < -0.3 is 5.73 Å². The Morgan fingerprint density at radius 3 is 2.50 bits per heavy atom. The second-order valence-electron chi connectivity index (χ2n) is 4.21. The van der Waals surface area contributed by atoms with Gasteiger partial charge in [-0.3, -0.25) is 0 Å². The topological polar surface area (TPSA) is 43.8 Å². The lowest BCUT2D eigenvalue weighted by Gasteiger charge is -2.11. The lowest BCUT2D eigenvalue weighted by atomic mass is 10.1. The summed E-state index contributed by atoms with van der Waals surface area (Å²) in [6.45, 7) is 6.03. The van der Waals surface area contributed by atoms with Crippen LogP contribution in [0.1, 0.15) is 22.5 Å². The molecule has 3 nitrogen and oxygen atoms in total. The second kappa shape index (κ2) is 4.71. The maximum Gasteiger partial charge on any atom is 0.107 e. The van der Waals surface area contributed by atoms with E-state index < -0.39 is 0 Å². The first-order chi connectivity index (χ1) is 8.43. The van der Waals surface area contributed by atoms with Crippen molar-refractivity contribution in [3.05, 3.63) is 45.7 Å². The molecule has 0 saturated heterocycles. The van der Waals surface area contributed by atoms with E-state index in [-0.39, 0.29) is 4.99 Å². The molecule has 0 fully saturated rings. The zero-order valence-corrected chi connectivity index (χ0v) is 12.1. The molecule has 1 aromatic carbocycles. The van der Waals surface area contributed by atoms with E-state index in [1.165, 1.54) is 0 Å². The summed E-state index contributed by atoms with van der Waals surface area (Å²) >= 11 is 11.2. The molecule has 0 atom stereocenters. The van der Waals surface area contributed by atoms with Crippen molar-refractivity contribution < 1.29 is 0 Å². The number of nitrogens with two attached hydrogens (primary N) is 1. The Morgan fingerprint density at radius 1 is 1.33 bits per heavy atom. The first-order valence-corrected chi connectivity index (χ1v) is 6.33. The average Bonchev–Trinajstić information content (AvgIpc) is 2.56. The van der Waals surface area contributed by atoms with Crippen LogP contribution in [0.25, 0.3) is 5.69 Å². The molecule has 5 heteroatoms. The largest absolute Gasteiger partial charge is 0.389 e. The highest BCUT2D eigenvalue weighted by atomic mass is 35.5. The van der Waals surface area contributed by atoms with Gasteiger partial charge in [0.15, 0.2) is 0 Å². The molecular formula is C13H14ClN3S. The summed E-state index contributed by atoms with van der Waals surface area (Å²) in [4.78, 5) is 0.279. The predicted molar refractivity (Wildman–Crippen MR) is 78.7 cm³/mol. The molecular weight excluding hydrogens is 266 g/mol. The van der Waals surface area contributed by atoms with E-state index in [9.17, 15) is 0 Å². The Hall–Kier alpha value is -1.39. The standard InChI is InChI=1S/C13H14ClN3S/c1-7-8(2)16-17(9(7)3)11-6-4-5-10(14)12(11)13(15)18/h4-6H,1-3H3,(H2,15,18). The van der Waals surface area contributed by atoms with Crippen molar-refractivity contribution >= 4 is 28.8 Å². The Labute approximate surface area is 117 Å². The van der Waals surface area contributed by atoms with Crippen LogP contribution in [0.2, 0.25) is 5.02 Å². The van der Waals surface area contributed by atoms with Gasteiger partial charge in [-0.1, -0.05) is 29.9 Å². The van der Waals surface area contributed by atoms with E-state index in [2.05, 4.69) is 5.10 Å². The normalized spacial score (nSPS) is 10.7. The van der Waals surface area contributed by atoms with Gasteiger partial charge >= 0.3 is 0 Å². The molecule has 0 bridgehead atoms. The third kappa shape index (κ3) is 2.02. The highest BCUT2D eigenvalue weighted by molar-refractivity contribution is 7.80. The zero-order chi connectivity index (χ0) is 13.4. The maximum atomic E-state index is 6.16. The van der Waals surface area contributed by atoms with Gasteiger partial charge in [-0.2, -0.15) is 5.10 Å². The lowest BCUT2D eigenvalue weighted by molar-refractivity contribution is 0.832. The van der Waals surface area contributed by atoms with Crippen LogP contribution in [0.4, 0.5) is 0 Å². The van der Waals surface area contributed by atoms with Crippen LogP contribution in [-0.2, 0) is 0 Å². The minimum Gasteiger partial charge on any atom is -0.389 e. The van der Waals surface area contributed by atoms with E-state index in [0.29, 0.717) is 10.6 Å². The van der Waals surface area contributed by atoms with Gasteiger partial charge in [0.25, 0.3) is 0 Å². The van der Waals surface area contributed by atoms with Gasteiger partial charge in [-0.25, -0.2) is 4.68 Å². The third-order valence-electron chi connectivity index (χ3n) is 3.12. The molecule has 0 amide bonds. The molecule has 1 aromatic heterocycles. The molecule has 0 aliphatic rings. The second-order valence-corrected chi connectivity index (χ2v) is 5.05. The SMILES string of the molecule is Cc1nn(-c2cccc(Cl)c2C(N)=S)c(C)c1C. The Morgan fingerprint density at radius 2 is 2.00 bits per heavy atom. The van der Waals surface area contributed by atoms with Gasteiger partial charge in [0.05, 0.1) is 22.0 Å². The number of benzene rings is 1. The fraction of sp³-hybridized carbons (Fsp3) is 0.231. The number of rotatable bonds is 2. The third-order valence-corrected chi connectivity index (χ3v) is 3.64. The summed E-state index contributed by atoms with van der Waals surface area (Å²) in [6.07, 6.45) is 0. The van der Waals surface area contributed by atoms with E-state index in [1.807, 2.05) is 37.6 Å². The number of hydrogen-bond donors (Lipinski definition) is 1. The van der Waals surface area contributed by atoms with Crippen molar-refractivity contribution in [2.45, 2.75) is 20.8 Å². The van der Waals surface area contributed by atoms with Crippen molar-refractivity contribution in [1.29, 1.82) is 0 Å². The Kier molecular flexibility index (Phi) is 3.41. The molecule has 0 radical (unpaired) electrons. The first kappa shape index (κ1) is 13.1. The first-order valence-electron chi connectivity index (χ1n) is 5.55. The lowest BCUT2D eigenvalue weighted by Crippen LogP contribution is -2.15. The number of halogens is 1. The summed E-state index contributed by atoms with van der Waals surface area (Å²) < 4.78 is 1.84. The quantitative estimate of drug-likeness (QED) is 0.859. The van der Waals surface area contributed by atoms with Crippen molar-refractivity contribution in [3.63, 3.8) is 0 Å². The van der Waals surface area contributed by atoms with Crippen molar-refractivity contribution in [3.8, 4) is 5.69 Å². The molecule has 2 aromatic rings. The van der Waals surface area contributed by atoms with E-state index >= 15 is 0 Å². The minimum absolute atomic E-state index is 0.279. The van der Waals surface area contributed by atoms with Crippen LogP contribution >= 0.6 is 23.8 Å². The van der Waals surface area contributed by atoms with E-state index in [1.54, 1.807) is 6.07 Å². The number of hydrogen-bond acceptors (Lipinski definition) is 2. The van der Waals surface area contributed by atoms with Gasteiger partial charge in [-0.15, -0.1) is 0 Å². The molecule has 1 heterocycles. The number of thiocarbonyl (C=S) groups is 1. The van der Waals surface area contributed by atoms with Crippen molar-refractivity contribution in [1.82, 2.24) is 9.78 Å². The molecule has 0 unspecified atom stereocenters. The number of aryl methyl sites for hydroxylation is 1. The summed E-state index contributed by atoms with van der Waals surface area (Å²) in [5, 5.41) is 5.05. The Bertz CT molecular complexity index is 631. The number of aromatic nitrogens is 2. The summed E-state index contributed by atoms with van der Waals surface area (Å²) in [7, 11) is 0. The van der Waals surface area contributed by atoms with Crippen LogP contribution in [0.3, 0.4) is 0 Å². The van der Waals surface area contributed by atoms with E-state index in [4.69, 9.17) is 29.6 Å². The molecule has 0 aliphatic carbocycles. The molecule has 0 saturated carbocycles. The molecule has 0 aliphatic heterocycles. The Balaban J connectivity index is 2.75. The fourth-order valence-electron chi connectivity index (χ4n) is 1.89. The van der Waals surface area contributed by atoms with Crippen LogP contribution in [0.15, 0.2) is 18.2 Å². The van der Waals surface area contributed by atoms with Crippen molar-refractivity contribution in [2.24, 2.45) is 5.73 Å². The molecule has 2 N–H and O–H groups in total. The van der Waals surface area contributed by atoms with Crippen molar-refractivity contribution in [2.75, 3.05) is 0 Å². The summed E-state index contributed by atoms with van der Waals surface area (Å²) in [5.41, 5.74) is 10.4. The molecule has 94 valence electrons. The predicted octanol–water partition coefficient (Wildman–Crippen LogP) is 3.09. The molecule has 18 heavy (non-hydrogen) atoms. The van der Waals surface area contributed by atoms with Crippen LogP contribution in [-0.4, -0.2) is 14.8 Å². The highest BCUT2D eigenvalue weighted by Crippen LogP contribution is 2.25. The summed E-state index contributed by atoms with van der Waals surface area (Å²) in [5.74, 6) is 0. The average molecular weight is 280 g/mol. The molecule has 0 spiro atoms. The maximum absolute atomic E-state index is 6.16. The highest BCUT2D eigenvalue weighted by Gasteiger charge is 2.15. The van der Waals surface area contributed by atoms with Crippen LogP contribution in [0, 0.1) is 20.8 Å². The van der Waals surface area contributed by atoms with Crippen LogP contribution in [0.5, 0.6) is 0 Å². The van der Waals surface area contributed by atoms with E-state index in [0.717, 1.165) is 22.6 Å². The van der Waals surface area contributed by atoms with Gasteiger partial charge in [0.2, 0.25) is 0 Å². The van der Waals surface area contributed by atoms with Gasteiger partial charge in [0, 0.05) is 5.69 Å². The zero-order valence-electron chi connectivity index (χ0n) is 10.5. The van der Waals surface area contributed by atoms with Gasteiger partial charge in [0.1, 0.15) is 4.99 Å². The van der Waals surface area contributed by atoms with Gasteiger partial charge in [-0.05, 0) is 38.5 Å². The van der Waals surface area contributed by atoms with Crippen LogP contribution < -0.4 is 5.73 Å². The number of nitrogens with zero attached hydrogens (tertiary/aromatic N) is 2. The monoisotopic (exact) mass is 279 g/mol. The fourth-order valence-corrected chi connectivity index (χ4v) is 2.43. The molecule has 2 rings (SSSR count). The minimum atomic E-state index is 0.279.